The number of methoxy groups -OCH3 is 1. The van der Waals surface area contributed by atoms with E-state index < -0.39 is 5.97 Å². The SMILES string of the molecule is COC(=O)/C(=C/c1ccc(Cl)cc1Cl)CSC#N. The maximum atomic E-state index is 11.5. The van der Waals surface area contributed by atoms with Crippen molar-refractivity contribution in [3.05, 3.63) is 39.4 Å². The van der Waals surface area contributed by atoms with Gasteiger partial charge in [-0.05, 0) is 35.5 Å². The molecule has 0 aliphatic heterocycles. The van der Waals surface area contributed by atoms with E-state index in [-0.39, 0.29) is 5.75 Å². The van der Waals surface area contributed by atoms with Crippen molar-refractivity contribution in [1.29, 1.82) is 5.26 Å². The van der Waals surface area contributed by atoms with Gasteiger partial charge >= 0.3 is 5.97 Å². The van der Waals surface area contributed by atoms with Crippen LogP contribution in [0.1, 0.15) is 5.56 Å². The maximum absolute atomic E-state index is 11.5. The summed E-state index contributed by atoms with van der Waals surface area (Å²) in [6.07, 6.45) is 1.59. The van der Waals surface area contributed by atoms with Crippen LogP contribution in [0.5, 0.6) is 0 Å². The molecule has 0 saturated heterocycles. The summed E-state index contributed by atoms with van der Waals surface area (Å²) >= 11 is 12.7. The quantitative estimate of drug-likeness (QED) is 0.482. The molecule has 1 aromatic rings. The fraction of sp³-hybridized carbons (Fsp3) is 0.167. The van der Waals surface area contributed by atoms with Gasteiger partial charge in [-0.15, -0.1) is 0 Å². The lowest BCUT2D eigenvalue weighted by atomic mass is 10.1. The molecular formula is C12H9Cl2NO2S. The average Bonchev–Trinajstić information content (AvgIpc) is 2.36. The predicted molar refractivity (Wildman–Crippen MR) is 74.5 cm³/mol. The van der Waals surface area contributed by atoms with Crippen molar-refractivity contribution < 1.29 is 9.53 Å². The van der Waals surface area contributed by atoms with Gasteiger partial charge in [0.25, 0.3) is 0 Å². The minimum atomic E-state index is -0.483. The lowest BCUT2D eigenvalue weighted by Crippen LogP contribution is -2.06. The van der Waals surface area contributed by atoms with E-state index in [2.05, 4.69) is 4.74 Å². The molecule has 0 radical (unpaired) electrons. The number of hydrogen-bond donors (Lipinski definition) is 0. The first-order valence-electron chi connectivity index (χ1n) is 4.83. The Kier molecular flexibility index (Phi) is 6.06. The fourth-order valence-electron chi connectivity index (χ4n) is 1.21. The van der Waals surface area contributed by atoms with Crippen LogP contribution in [0.4, 0.5) is 0 Å². The van der Waals surface area contributed by atoms with E-state index in [0.29, 0.717) is 21.2 Å². The summed E-state index contributed by atoms with van der Waals surface area (Å²) in [7, 11) is 1.29. The Hall–Kier alpha value is -1.15. The van der Waals surface area contributed by atoms with Crippen LogP contribution in [0, 0.1) is 10.7 Å². The van der Waals surface area contributed by atoms with Gasteiger partial charge in [0.05, 0.1) is 7.11 Å². The second-order valence-electron chi connectivity index (χ2n) is 3.21. The number of nitriles is 1. The van der Waals surface area contributed by atoms with Crippen molar-refractivity contribution in [2.24, 2.45) is 0 Å². The van der Waals surface area contributed by atoms with E-state index in [0.717, 1.165) is 11.8 Å². The lowest BCUT2D eigenvalue weighted by molar-refractivity contribution is -0.135. The molecule has 1 rings (SSSR count). The van der Waals surface area contributed by atoms with Crippen LogP contribution in [-0.4, -0.2) is 18.8 Å². The molecule has 0 N–H and O–H groups in total. The summed E-state index contributed by atoms with van der Waals surface area (Å²) in [4.78, 5) is 11.5. The van der Waals surface area contributed by atoms with Gasteiger partial charge < -0.3 is 4.74 Å². The molecule has 6 heteroatoms. The van der Waals surface area contributed by atoms with Crippen molar-refractivity contribution in [3.63, 3.8) is 0 Å². The van der Waals surface area contributed by atoms with Gasteiger partial charge in [-0.1, -0.05) is 29.3 Å². The van der Waals surface area contributed by atoms with Gasteiger partial charge in [0.1, 0.15) is 5.40 Å². The van der Waals surface area contributed by atoms with Crippen molar-refractivity contribution in [2.75, 3.05) is 12.9 Å². The molecule has 0 aromatic heterocycles. The third kappa shape index (κ3) is 4.26. The van der Waals surface area contributed by atoms with Crippen LogP contribution in [0.15, 0.2) is 23.8 Å². The number of benzene rings is 1. The number of esters is 1. The highest BCUT2D eigenvalue weighted by atomic mass is 35.5. The largest absolute Gasteiger partial charge is 0.466 e. The molecule has 0 fully saturated rings. The van der Waals surface area contributed by atoms with Gasteiger partial charge in [0.2, 0.25) is 0 Å². The van der Waals surface area contributed by atoms with Gasteiger partial charge in [0, 0.05) is 21.4 Å². The molecule has 0 saturated carbocycles. The van der Waals surface area contributed by atoms with Gasteiger partial charge in [0.15, 0.2) is 0 Å². The van der Waals surface area contributed by atoms with Gasteiger partial charge in [-0.2, -0.15) is 5.26 Å². The van der Waals surface area contributed by atoms with Crippen LogP contribution in [0.2, 0.25) is 10.0 Å². The monoisotopic (exact) mass is 301 g/mol. The highest BCUT2D eigenvalue weighted by Crippen LogP contribution is 2.24. The average molecular weight is 302 g/mol. The Labute approximate surface area is 119 Å². The Morgan fingerprint density at radius 1 is 1.56 bits per heavy atom. The zero-order valence-electron chi connectivity index (χ0n) is 9.44. The van der Waals surface area contributed by atoms with Crippen LogP contribution in [-0.2, 0) is 9.53 Å². The first kappa shape index (κ1) is 14.9. The summed E-state index contributed by atoms with van der Waals surface area (Å²) in [5, 5.41) is 11.4. The first-order chi connectivity index (χ1) is 8.58. The first-order valence-corrected chi connectivity index (χ1v) is 6.57. The fourth-order valence-corrected chi connectivity index (χ4v) is 2.09. The lowest BCUT2D eigenvalue weighted by Gasteiger charge is -2.04. The Bertz CT molecular complexity index is 523. The second kappa shape index (κ2) is 7.32. The number of carbonyl (C=O) groups excluding carboxylic acids is 1. The highest BCUT2D eigenvalue weighted by molar-refractivity contribution is 8.03. The molecule has 1 aromatic carbocycles. The number of thioether (sulfide) groups is 1. The van der Waals surface area contributed by atoms with Crippen molar-refractivity contribution in [1.82, 2.24) is 0 Å². The standard InChI is InChI=1S/C12H9Cl2NO2S/c1-17-12(16)9(6-18-7-15)4-8-2-3-10(13)5-11(8)14/h2-5H,6H2,1H3/b9-4+. The molecule has 0 amide bonds. The van der Waals surface area contributed by atoms with Gasteiger partial charge in [-0.25, -0.2) is 4.79 Å². The zero-order chi connectivity index (χ0) is 13.5. The molecule has 0 heterocycles. The van der Waals surface area contributed by atoms with E-state index in [1.54, 1.807) is 24.3 Å². The van der Waals surface area contributed by atoms with Crippen LogP contribution in [0.3, 0.4) is 0 Å². The Morgan fingerprint density at radius 2 is 2.28 bits per heavy atom. The Balaban J connectivity index is 3.07. The molecule has 18 heavy (non-hydrogen) atoms. The van der Waals surface area contributed by atoms with E-state index in [1.165, 1.54) is 7.11 Å². The van der Waals surface area contributed by atoms with E-state index in [9.17, 15) is 4.79 Å². The molecule has 0 unspecified atom stereocenters. The minimum absolute atomic E-state index is 0.238. The van der Waals surface area contributed by atoms with Crippen LogP contribution < -0.4 is 0 Å². The second-order valence-corrected chi connectivity index (χ2v) is 4.81. The number of rotatable bonds is 4. The van der Waals surface area contributed by atoms with Crippen LogP contribution in [0.25, 0.3) is 6.08 Å². The normalized spacial score (nSPS) is 10.9. The van der Waals surface area contributed by atoms with E-state index >= 15 is 0 Å². The zero-order valence-corrected chi connectivity index (χ0v) is 11.8. The van der Waals surface area contributed by atoms with Crippen molar-refractivity contribution in [2.45, 2.75) is 0 Å². The van der Waals surface area contributed by atoms with Crippen LogP contribution >= 0.6 is 35.0 Å². The summed E-state index contributed by atoms with van der Waals surface area (Å²) in [6, 6.07) is 4.96. The number of halogens is 2. The van der Waals surface area contributed by atoms with Crippen molar-refractivity contribution >= 4 is 47.0 Å². The highest BCUT2D eigenvalue weighted by Gasteiger charge is 2.11. The third-order valence-electron chi connectivity index (χ3n) is 2.03. The predicted octanol–water partition coefficient (Wildman–Crippen LogP) is 3.76. The topological polar surface area (TPSA) is 50.1 Å². The molecule has 0 spiro atoms. The van der Waals surface area contributed by atoms with Gasteiger partial charge in [-0.3, -0.25) is 0 Å². The number of thiocyanates is 1. The molecule has 0 bridgehead atoms. The summed E-state index contributed by atoms with van der Waals surface area (Å²) in [5.41, 5.74) is 1.02. The van der Waals surface area contributed by atoms with E-state index in [1.807, 2.05) is 5.40 Å². The summed E-state index contributed by atoms with van der Waals surface area (Å²) in [5.74, 6) is -0.244. The molecular weight excluding hydrogens is 293 g/mol. The van der Waals surface area contributed by atoms with E-state index in [4.69, 9.17) is 28.5 Å². The third-order valence-corrected chi connectivity index (χ3v) is 3.18. The number of carbonyl (C=O) groups is 1. The summed E-state index contributed by atoms with van der Waals surface area (Å²) < 4.78 is 4.65. The molecule has 0 aliphatic rings. The Morgan fingerprint density at radius 3 is 2.83 bits per heavy atom. The number of ether oxygens (including phenoxy) is 1. The molecule has 0 atom stereocenters. The summed E-state index contributed by atoms with van der Waals surface area (Å²) in [6.45, 7) is 0. The molecule has 0 aliphatic carbocycles. The number of nitrogens with zero attached hydrogens (tertiary/aromatic N) is 1. The molecule has 94 valence electrons. The molecule has 3 nitrogen and oxygen atoms in total. The van der Waals surface area contributed by atoms with Crippen molar-refractivity contribution in [3.8, 4) is 5.40 Å². The maximum Gasteiger partial charge on any atom is 0.334 e. The minimum Gasteiger partial charge on any atom is -0.466 e. The number of hydrogen-bond acceptors (Lipinski definition) is 4. The smallest absolute Gasteiger partial charge is 0.334 e.